The van der Waals surface area contributed by atoms with E-state index in [1.54, 1.807) is 11.8 Å². The van der Waals surface area contributed by atoms with E-state index in [1.165, 1.54) is 31.4 Å². The molecular weight excluding hydrogens is 432 g/mol. The summed E-state index contributed by atoms with van der Waals surface area (Å²) in [7, 11) is 0. The fraction of sp³-hybridized carbons (Fsp3) is 0.407. The second kappa shape index (κ2) is 10.2. The maximum atomic E-state index is 13.6. The van der Waals surface area contributed by atoms with Crippen LogP contribution in [0.1, 0.15) is 59.2 Å². The molecular formula is C27H32N2O5. The highest BCUT2D eigenvalue weighted by Gasteiger charge is 2.29. The van der Waals surface area contributed by atoms with Gasteiger partial charge in [0.05, 0.1) is 6.61 Å². The summed E-state index contributed by atoms with van der Waals surface area (Å²) in [4.78, 5) is 26.9. The Hall–Kier alpha value is -3.48. The van der Waals surface area contributed by atoms with Gasteiger partial charge in [-0.3, -0.25) is 9.59 Å². The predicted molar refractivity (Wildman–Crippen MR) is 130 cm³/mol. The topological polar surface area (TPSA) is 99.1 Å². The fourth-order valence-corrected chi connectivity index (χ4v) is 4.83. The van der Waals surface area contributed by atoms with Crippen LogP contribution in [0, 0.1) is 12.8 Å². The third-order valence-corrected chi connectivity index (χ3v) is 6.84. The van der Waals surface area contributed by atoms with Crippen molar-refractivity contribution in [1.29, 1.82) is 0 Å². The average molecular weight is 465 g/mol. The molecule has 1 heterocycles. The van der Waals surface area contributed by atoms with Crippen LogP contribution in [0.25, 0.3) is 0 Å². The summed E-state index contributed by atoms with van der Waals surface area (Å²) in [6.45, 7) is 6.46. The minimum atomic E-state index is -0.342. The van der Waals surface area contributed by atoms with Crippen LogP contribution >= 0.6 is 0 Å². The summed E-state index contributed by atoms with van der Waals surface area (Å²) in [5, 5.41) is 23.7. The number of carbonyl (C=O) groups excluding carboxylic acids is 2. The smallest absolute Gasteiger partial charge is 0.261 e. The molecule has 0 saturated heterocycles. The molecule has 0 atom stereocenters. The second-order valence-electron chi connectivity index (χ2n) is 9.21. The van der Waals surface area contributed by atoms with Gasteiger partial charge in [0.2, 0.25) is 5.91 Å². The van der Waals surface area contributed by atoms with E-state index in [2.05, 4.69) is 11.9 Å². The van der Waals surface area contributed by atoms with E-state index in [0.717, 1.165) is 24.0 Å². The van der Waals surface area contributed by atoms with Crippen molar-refractivity contribution in [3.05, 3.63) is 59.2 Å². The molecule has 2 aromatic rings. The zero-order valence-electron chi connectivity index (χ0n) is 19.6. The first-order valence-electron chi connectivity index (χ1n) is 11.9. The van der Waals surface area contributed by atoms with E-state index in [4.69, 9.17) is 4.74 Å². The van der Waals surface area contributed by atoms with Gasteiger partial charge in [-0.25, -0.2) is 0 Å². The quantitative estimate of drug-likeness (QED) is 0.539. The Kier molecular flexibility index (Phi) is 7.10. The number of amides is 2. The van der Waals surface area contributed by atoms with Gasteiger partial charge in [0.25, 0.3) is 5.91 Å². The van der Waals surface area contributed by atoms with Crippen molar-refractivity contribution >= 4 is 17.5 Å². The molecule has 2 aliphatic rings. The molecule has 1 aliphatic carbocycles. The van der Waals surface area contributed by atoms with Crippen molar-refractivity contribution < 1.29 is 24.5 Å². The van der Waals surface area contributed by atoms with Crippen LogP contribution in [0.4, 0.5) is 5.69 Å². The van der Waals surface area contributed by atoms with Crippen molar-refractivity contribution in [2.24, 2.45) is 5.92 Å². The number of fused-ring (bicyclic) bond motifs is 1. The number of phenols is 2. The summed E-state index contributed by atoms with van der Waals surface area (Å²) in [5.74, 6) is -0.361. The average Bonchev–Trinajstić information content (AvgIpc) is 2.85. The third-order valence-electron chi connectivity index (χ3n) is 6.84. The number of anilines is 1. The first-order valence-corrected chi connectivity index (χ1v) is 11.9. The van der Waals surface area contributed by atoms with Crippen LogP contribution in [0.3, 0.4) is 0 Å². The lowest BCUT2D eigenvalue weighted by Gasteiger charge is -2.30. The van der Waals surface area contributed by atoms with Gasteiger partial charge in [-0.15, -0.1) is 0 Å². The molecule has 0 spiro atoms. The van der Waals surface area contributed by atoms with Crippen LogP contribution in [-0.4, -0.2) is 40.1 Å². The lowest BCUT2D eigenvalue weighted by atomic mass is 9.90. The Morgan fingerprint density at radius 2 is 1.91 bits per heavy atom. The second-order valence-corrected chi connectivity index (χ2v) is 9.21. The Bertz CT molecular complexity index is 1100. The minimum Gasteiger partial charge on any atom is -0.507 e. The molecule has 0 bridgehead atoms. The number of hydrogen-bond acceptors (Lipinski definition) is 5. The van der Waals surface area contributed by atoms with Crippen molar-refractivity contribution in [1.82, 2.24) is 4.90 Å². The van der Waals surface area contributed by atoms with Gasteiger partial charge in [-0.2, -0.15) is 0 Å². The number of rotatable bonds is 6. The molecule has 1 fully saturated rings. The van der Waals surface area contributed by atoms with Gasteiger partial charge in [-0.1, -0.05) is 31.9 Å². The van der Waals surface area contributed by atoms with Crippen LogP contribution < -0.4 is 10.1 Å². The van der Waals surface area contributed by atoms with Crippen LogP contribution in [-0.2, 0) is 17.8 Å². The third kappa shape index (κ3) is 5.03. The lowest BCUT2D eigenvalue weighted by molar-refractivity contribution is -0.111. The maximum absolute atomic E-state index is 13.6. The Morgan fingerprint density at radius 1 is 1.15 bits per heavy atom. The Morgan fingerprint density at radius 3 is 2.65 bits per heavy atom. The van der Waals surface area contributed by atoms with Crippen LogP contribution in [0.2, 0.25) is 0 Å². The van der Waals surface area contributed by atoms with Gasteiger partial charge in [-0.05, 0) is 61.4 Å². The van der Waals surface area contributed by atoms with Gasteiger partial charge in [0, 0.05) is 30.4 Å². The molecule has 4 rings (SSSR count). The monoisotopic (exact) mass is 464 g/mol. The van der Waals surface area contributed by atoms with E-state index < -0.39 is 0 Å². The predicted octanol–water partition coefficient (Wildman–Crippen LogP) is 4.69. The van der Waals surface area contributed by atoms with E-state index >= 15 is 0 Å². The number of ether oxygens (including phenoxy) is 1. The first kappa shape index (κ1) is 23.7. The fourth-order valence-electron chi connectivity index (χ4n) is 4.83. The number of aromatic hydroxyl groups is 2. The van der Waals surface area contributed by atoms with Crippen molar-refractivity contribution in [3.63, 3.8) is 0 Å². The molecule has 0 unspecified atom stereocenters. The first-order chi connectivity index (χ1) is 16.4. The molecule has 7 nitrogen and oxygen atoms in total. The van der Waals surface area contributed by atoms with E-state index in [1.807, 2.05) is 18.2 Å². The number of carbonyl (C=O) groups is 2. The van der Waals surface area contributed by atoms with E-state index in [9.17, 15) is 19.8 Å². The van der Waals surface area contributed by atoms with Gasteiger partial charge >= 0.3 is 0 Å². The van der Waals surface area contributed by atoms with E-state index in [0.29, 0.717) is 43.3 Å². The van der Waals surface area contributed by atoms with Gasteiger partial charge in [0.15, 0.2) is 0 Å². The summed E-state index contributed by atoms with van der Waals surface area (Å²) < 4.78 is 6.10. The molecule has 180 valence electrons. The summed E-state index contributed by atoms with van der Waals surface area (Å²) in [6.07, 6.45) is 7.62. The largest absolute Gasteiger partial charge is 0.507 e. The molecule has 7 heteroatoms. The number of nitrogens with one attached hydrogen (secondary N) is 1. The number of benzene rings is 2. The maximum Gasteiger partial charge on any atom is 0.261 e. The van der Waals surface area contributed by atoms with Crippen molar-refractivity contribution in [2.45, 2.75) is 52.0 Å². The lowest BCUT2D eigenvalue weighted by Crippen LogP contribution is -2.36. The molecule has 0 aromatic heterocycles. The molecule has 1 saturated carbocycles. The van der Waals surface area contributed by atoms with E-state index in [-0.39, 0.29) is 34.6 Å². The highest BCUT2D eigenvalue weighted by Crippen LogP contribution is 2.40. The normalized spacial score (nSPS) is 16.0. The Labute approximate surface area is 200 Å². The molecule has 3 N–H and O–H groups in total. The van der Waals surface area contributed by atoms with Gasteiger partial charge in [0.1, 0.15) is 22.8 Å². The zero-order valence-corrected chi connectivity index (χ0v) is 19.6. The SMILES string of the molecule is C=CC(=O)Nc1ccc2c(c1)CN(C(=O)c1c(O)cc(O)c(C)c1OCC1CCCCC1)CC2. The molecule has 34 heavy (non-hydrogen) atoms. The number of hydrogen-bond donors (Lipinski definition) is 3. The molecule has 0 radical (unpaired) electrons. The summed E-state index contributed by atoms with van der Waals surface area (Å²) >= 11 is 0. The van der Waals surface area contributed by atoms with Crippen molar-refractivity contribution in [3.8, 4) is 17.2 Å². The molecule has 2 aromatic carbocycles. The minimum absolute atomic E-state index is 0.0886. The summed E-state index contributed by atoms with van der Waals surface area (Å²) in [5.41, 5.74) is 3.22. The van der Waals surface area contributed by atoms with Gasteiger partial charge < -0.3 is 25.2 Å². The van der Waals surface area contributed by atoms with Crippen LogP contribution in [0.5, 0.6) is 17.2 Å². The zero-order chi connectivity index (χ0) is 24.2. The number of nitrogens with zero attached hydrogens (tertiary/aromatic N) is 1. The summed E-state index contributed by atoms with van der Waals surface area (Å²) in [6, 6.07) is 6.86. The highest BCUT2D eigenvalue weighted by molar-refractivity contribution is 6.01. The Balaban J connectivity index is 1.58. The molecule has 2 amide bonds. The molecule has 1 aliphatic heterocycles. The standard InChI is InChI=1S/C27H32N2O5/c1-3-24(32)28-21-10-9-19-11-12-29(15-20(19)13-21)27(33)25-23(31)14-22(30)17(2)26(25)34-16-18-7-5-4-6-8-18/h3,9-10,13-14,18,30-31H,1,4-8,11-12,15-16H2,2H3,(H,28,32). The highest BCUT2D eigenvalue weighted by atomic mass is 16.5. The van der Waals surface area contributed by atoms with Crippen molar-refractivity contribution in [2.75, 3.05) is 18.5 Å². The van der Waals surface area contributed by atoms with Crippen LogP contribution in [0.15, 0.2) is 36.9 Å². The number of phenolic OH excluding ortho intramolecular Hbond substituents is 2.